The molecular weight excluding hydrogens is 122 g/mol. The zero-order valence-electron chi connectivity index (χ0n) is 7.72. The molecule has 2 N–H and O–H groups in total. The second-order valence-electron chi connectivity index (χ2n) is 3.53. The van der Waals surface area contributed by atoms with Crippen molar-refractivity contribution < 1.29 is 0 Å². The standard InChI is InChI=1S/C9H21N/c1-5-9(7(2)3)8(4)6-10/h7-9H,5-6,10H2,1-4H3. The maximum atomic E-state index is 5.59. The van der Waals surface area contributed by atoms with Crippen LogP contribution in [0.2, 0.25) is 0 Å². The summed E-state index contributed by atoms with van der Waals surface area (Å²) >= 11 is 0. The third-order valence-electron chi connectivity index (χ3n) is 2.43. The fraction of sp³-hybridized carbons (Fsp3) is 1.00. The Kier molecular flexibility index (Phi) is 4.71. The van der Waals surface area contributed by atoms with E-state index >= 15 is 0 Å². The summed E-state index contributed by atoms with van der Waals surface area (Å²) in [6.07, 6.45) is 1.26. The first-order valence-electron chi connectivity index (χ1n) is 4.33. The van der Waals surface area contributed by atoms with Gasteiger partial charge in [-0.15, -0.1) is 0 Å². The minimum atomic E-state index is 0.685. The first-order chi connectivity index (χ1) is 4.63. The zero-order chi connectivity index (χ0) is 8.15. The van der Waals surface area contributed by atoms with Crippen LogP contribution in [0.3, 0.4) is 0 Å². The summed E-state index contributed by atoms with van der Waals surface area (Å²) in [5, 5.41) is 0. The molecule has 0 aliphatic rings. The van der Waals surface area contributed by atoms with Crippen LogP contribution in [0, 0.1) is 17.8 Å². The van der Waals surface area contributed by atoms with E-state index in [4.69, 9.17) is 5.73 Å². The number of nitrogens with two attached hydrogens (primary N) is 1. The molecule has 1 heteroatoms. The van der Waals surface area contributed by atoms with E-state index in [1.807, 2.05) is 0 Å². The normalized spacial score (nSPS) is 17.4. The lowest BCUT2D eigenvalue weighted by Gasteiger charge is -2.24. The van der Waals surface area contributed by atoms with Gasteiger partial charge in [-0.05, 0) is 24.3 Å². The lowest BCUT2D eigenvalue weighted by molar-refractivity contribution is 0.267. The van der Waals surface area contributed by atoms with Crippen molar-refractivity contribution in [3.63, 3.8) is 0 Å². The molecule has 0 aromatic heterocycles. The lowest BCUT2D eigenvalue weighted by atomic mass is 9.83. The van der Waals surface area contributed by atoms with Crippen LogP contribution in [0.25, 0.3) is 0 Å². The fourth-order valence-corrected chi connectivity index (χ4v) is 1.71. The smallest absolute Gasteiger partial charge is 0.00488 e. The Bertz CT molecular complexity index is 78.8. The van der Waals surface area contributed by atoms with Gasteiger partial charge in [0.25, 0.3) is 0 Å². The van der Waals surface area contributed by atoms with E-state index in [2.05, 4.69) is 27.7 Å². The highest BCUT2D eigenvalue weighted by atomic mass is 14.5. The van der Waals surface area contributed by atoms with Crippen molar-refractivity contribution in [1.29, 1.82) is 0 Å². The van der Waals surface area contributed by atoms with E-state index in [1.165, 1.54) is 6.42 Å². The van der Waals surface area contributed by atoms with Crippen LogP contribution in [0.15, 0.2) is 0 Å². The second-order valence-corrected chi connectivity index (χ2v) is 3.53. The minimum absolute atomic E-state index is 0.685. The van der Waals surface area contributed by atoms with E-state index < -0.39 is 0 Å². The average Bonchev–Trinajstić information content (AvgIpc) is 1.88. The minimum Gasteiger partial charge on any atom is -0.330 e. The van der Waals surface area contributed by atoms with Crippen molar-refractivity contribution in [2.24, 2.45) is 23.5 Å². The summed E-state index contributed by atoms with van der Waals surface area (Å²) in [5.74, 6) is 2.28. The molecule has 0 aliphatic heterocycles. The summed E-state index contributed by atoms with van der Waals surface area (Å²) in [6.45, 7) is 9.88. The van der Waals surface area contributed by atoms with Crippen LogP contribution >= 0.6 is 0 Å². The molecule has 0 aromatic rings. The molecule has 0 saturated heterocycles. The van der Waals surface area contributed by atoms with E-state index in [1.54, 1.807) is 0 Å². The summed E-state index contributed by atoms with van der Waals surface area (Å²) in [7, 11) is 0. The molecule has 0 aromatic carbocycles. The third-order valence-corrected chi connectivity index (χ3v) is 2.43. The molecule has 62 valence electrons. The molecule has 0 radical (unpaired) electrons. The maximum absolute atomic E-state index is 5.59. The average molecular weight is 143 g/mol. The van der Waals surface area contributed by atoms with Gasteiger partial charge >= 0.3 is 0 Å². The predicted octanol–water partition coefficient (Wildman–Crippen LogP) is 2.26. The molecule has 1 nitrogen and oxygen atoms in total. The number of hydrogen-bond donors (Lipinski definition) is 1. The van der Waals surface area contributed by atoms with E-state index in [0.29, 0.717) is 5.92 Å². The van der Waals surface area contributed by atoms with Gasteiger partial charge in [0.15, 0.2) is 0 Å². The van der Waals surface area contributed by atoms with Crippen molar-refractivity contribution in [1.82, 2.24) is 0 Å². The van der Waals surface area contributed by atoms with Crippen LogP contribution in [0.4, 0.5) is 0 Å². The topological polar surface area (TPSA) is 26.0 Å². The maximum Gasteiger partial charge on any atom is -0.00488 e. The second kappa shape index (κ2) is 4.73. The van der Waals surface area contributed by atoms with Crippen LogP contribution < -0.4 is 5.73 Å². The van der Waals surface area contributed by atoms with Gasteiger partial charge in [-0.3, -0.25) is 0 Å². The quantitative estimate of drug-likeness (QED) is 0.642. The molecule has 0 spiro atoms. The van der Waals surface area contributed by atoms with Crippen LogP contribution in [0.5, 0.6) is 0 Å². The van der Waals surface area contributed by atoms with E-state index in [-0.39, 0.29) is 0 Å². The monoisotopic (exact) mass is 143 g/mol. The van der Waals surface area contributed by atoms with Gasteiger partial charge in [0, 0.05) is 0 Å². The molecule has 0 amide bonds. The summed E-state index contributed by atoms with van der Waals surface area (Å²) in [6, 6.07) is 0. The predicted molar refractivity (Wildman–Crippen MR) is 46.8 cm³/mol. The van der Waals surface area contributed by atoms with Crippen molar-refractivity contribution >= 4 is 0 Å². The van der Waals surface area contributed by atoms with Gasteiger partial charge in [0.2, 0.25) is 0 Å². The van der Waals surface area contributed by atoms with E-state index in [0.717, 1.165) is 18.4 Å². The Morgan fingerprint density at radius 2 is 1.70 bits per heavy atom. The largest absolute Gasteiger partial charge is 0.330 e. The molecule has 2 atom stereocenters. The first kappa shape index (κ1) is 9.96. The Labute approximate surface area is 65.0 Å². The number of hydrogen-bond acceptors (Lipinski definition) is 1. The van der Waals surface area contributed by atoms with E-state index in [9.17, 15) is 0 Å². The highest BCUT2D eigenvalue weighted by molar-refractivity contribution is 4.68. The first-order valence-corrected chi connectivity index (χ1v) is 4.33. The van der Waals surface area contributed by atoms with Crippen LogP contribution in [0.1, 0.15) is 34.1 Å². The molecule has 0 bridgehead atoms. The summed E-state index contributed by atoms with van der Waals surface area (Å²) in [4.78, 5) is 0. The van der Waals surface area contributed by atoms with Gasteiger partial charge in [0.05, 0.1) is 0 Å². The van der Waals surface area contributed by atoms with Crippen molar-refractivity contribution in [3.8, 4) is 0 Å². The fourth-order valence-electron chi connectivity index (χ4n) is 1.71. The Morgan fingerprint density at radius 1 is 1.20 bits per heavy atom. The molecule has 0 fully saturated rings. The number of rotatable bonds is 4. The third kappa shape index (κ3) is 2.70. The van der Waals surface area contributed by atoms with Crippen molar-refractivity contribution in [2.45, 2.75) is 34.1 Å². The Morgan fingerprint density at radius 3 is 1.80 bits per heavy atom. The van der Waals surface area contributed by atoms with Gasteiger partial charge in [-0.25, -0.2) is 0 Å². The zero-order valence-corrected chi connectivity index (χ0v) is 7.72. The van der Waals surface area contributed by atoms with Gasteiger partial charge in [-0.2, -0.15) is 0 Å². The van der Waals surface area contributed by atoms with Gasteiger partial charge in [-0.1, -0.05) is 34.1 Å². The molecule has 0 aliphatic carbocycles. The highest BCUT2D eigenvalue weighted by Crippen LogP contribution is 2.22. The van der Waals surface area contributed by atoms with Gasteiger partial charge in [0.1, 0.15) is 0 Å². The Balaban J connectivity index is 3.80. The highest BCUT2D eigenvalue weighted by Gasteiger charge is 2.16. The van der Waals surface area contributed by atoms with Crippen molar-refractivity contribution in [2.75, 3.05) is 6.54 Å². The van der Waals surface area contributed by atoms with Crippen LogP contribution in [-0.2, 0) is 0 Å². The Hall–Kier alpha value is -0.0400. The molecule has 0 rings (SSSR count). The molecule has 0 heterocycles. The summed E-state index contributed by atoms with van der Waals surface area (Å²) in [5.41, 5.74) is 5.59. The van der Waals surface area contributed by atoms with Crippen LogP contribution in [-0.4, -0.2) is 6.54 Å². The molecular formula is C9H21N. The lowest BCUT2D eigenvalue weighted by Crippen LogP contribution is -2.24. The molecule has 10 heavy (non-hydrogen) atoms. The molecule has 0 saturated carbocycles. The summed E-state index contributed by atoms with van der Waals surface area (Å²) < 4.78 is 0. The van der Waals surface area contributed by atoms with Crippen molar-refractivity contribution in [3.05, 3.63) is 0 Å². The SMILES string of the molecule is CCC(C(C)C)C(C)CN. The molecule has 2 unspecified atom stereocenters. The van der Waals surface area contributed by atoms with Gasteiger partial charge < -0.3 is 5.73 Å².